The first-order valence-electron chi connectivity index (χ1n) is 5.61. The first-order chi connectivity index (χ1) is 6.81. The average Bonchev–Trinajstić information content (AvgIpc) is 2.91. The maximum absolute atomic E-state index is 5.68. The summed E-state index contributed by atoms with van der Waals surface area (Å²) in [7, 11) is 0. The maximum Gasteiger partial charge on any atom is 0.121 e. The van der Waals surface area contributed by atoms with Crippen LogP contribution in [0.2, 0.25) is 0 Å². The third-order valence-corrected chi connectivity index (χ3v) is 2.78. The van der Waals surface area contributed by atoms with Crippen LogP contribution in [0.25, 0.3) is 0 Å². The van der Waals surface area contributed by atoms with Crippen LogP contribution in [0.5, 0.6) is 0 Å². The van der Waals surface area contributed by atoms with Crippen molar-refractivity contribution < 1.29 is 4.42 Å². The molecule has 1 fully saturated rings. The Labute approximate surface area is 85.7 Å². The lowest BCUT2D eigenvalue weighted by atomic mass is 10.1. The molecule has 0 aliphatic heterocycles. The molecule has 78 valence electrons. The fraction of sp³-hybridized carbons (Fsp3) is 0.667. The number of hydrogen-bond donors (Lipinski definition) is 1. The van der Waals surface area contributed by atoms with E-state index in [0.717, 1.165) is 24.0 Å². The van der Waals surface area contributed by atoms with Crippen molar-refractivity contribution in [2.75, 3.05) is 6.54 Å². The molecule has 1 aromatic rings. The van der Waals surface area contributed by atoms with Crippen molar-refractivity contribution in [3.05, 3.63) is 23.7 Å². The Morgan fingerprint density at radius 2 is 2.29 bits per heavy atom. The van der Waals surface area contributed by atoms with Crippen molar-refractivity contribution in [2.45, 2.75) is 39.2 Å². The molecule has 0 aromatic carbocycles. The molecule has 1 unspecified atom stereocenters. The molecule has 2 nitrogen and oxygen atoms in total. The fourth-order valence-corrected chi connectivity index (χ4v) is 1.85. The zero-order valence-corrected chi connectivity index (χ0v) is 9.05. The Morgan fingerprint density at radius 3 is 2.79 bits per heavy atom. The van der Waals surface area contributed by atoms with E-state index in [9.17, 15) is 0 Å². The van der Waals surface area contributed by atoms with Crippen molar-refractivity contribution in [2.24, 2.45) is 5.92 Å². The van der Waals surface area contributed by atoms with Crippen molar-refractivity contribution in [1.82, 2.24) is 5.32 Å². The van der Waals surface area contributed by atoms with Crippen LogP contribution in [0.3, 0.4) is 0 Å². The van der Waals surface area contributed by atoms with Crippen molar-refractivity contribution in [3.8, 4) is 0 Å². The summed E-state index contributed by atoms with van der Waals surface area (Å²) in [4.78, 5) is 0. The predicted molar refractivity (Wildman–Crippen MR) is 57.2 cm³/mol. The van der Waals surface area contributed by atoms with E-state index in [2.05, 4.69) is 24.4 Å². The van der Waals surface area contributed by atoms with Gasteiger partial charge in [0.1, 0.15) is 11.5 Å². The molecule has 1 aliphatic rings. The van der Waals surface area contributed by atoms with Gasteiger partial charge in [-0.05, 0) is 50.8 Å². The van der Waals surface area contributed by atoms with Crippen molar-refractivity contribution in [3.63, 3.8) is 0 Å². The minimum absolute atomic E-state index is 0.462. The highest BCUT2D eigenvalue weighted by Crippen LogP contribution is 2.41. The molecular formula is C12H19NO. The van der Waals surface area contributed by atoms with E-state index in [1.807, 2.05) is 6.92 Å². The van der Waals surface area contributed by atoms with E-state index < -0.39 is 0 Å². The van der Waals surface area contributed by atoms with Crippen molar-refractivity contribution in [1.29, 1.82) is 0 Å². The SMILES string of the molecule is CCCNC(c1ccc(C)o1)C1CC1. The van der Waals surface area contributed by atoms with Gasteiger partial charge in [-0.1, -0.05) is 6.92 Å². The van der Waals surface area contributed by atoms with E-state index in [1.54, 1.807) is 0 Å². The number of rotatable bonds is 5. The summed E-state index contributed by atoms with van der Waals surface area (Å²) in [5.74, 6) is 2.95. The average molecular weight is 193 g/mol. The van der Waals surface area contributed by atoms with Gasteiger partial charge in [0.05, 0.1) is 6.04 Å². The Bertz CT molecular complexity index is 288. The maximum atomic E-state index is 5.68. The highest BCUT2D eigenvalue weighted by molar-refractivity contribution is 5.12. The highest BCUT2D eigenvalue weighted by atomic mass is 16.3. The number of hydrogen-bond acceptors (Lipinski definition) is 2. The van der Waals surface area contributed by atoms with Crippen LogP contribution in [0.4, 0.5) is 0 Å². The van der Waals surface area contributed by atoms with Crippen molar-refractivity contribution >= 4 is 0 Å². The Balaban J connectivity index is 2.02. The lowest BCUT2D eigenvalue weighted by Crippen LogP contribution is -2.23. The summed E-state index contributed by atoms with van der Waals surface area (Å²) in [6.07, 6.45) is 3.88. The van der Waals surface area contributed by atoms with Gasteiger partial charge in [-0.25, -0.2) is 0 Å². The molecule has 0 amide bonds. The third kappa shape index (κ3) is 2.18. The normalized spacial score (nSPS) is 18.4. The van der Waals surface area contributed by atoms with Gasteiger partial charge in [0.15, 0.2) is 0 Å². The zero-order chi connectivity index (χ0) is 9.97. The van der Waals surface area contributed by atoms with Gasteiger partial charge in [-0.15, -0.1) is 0 Å². The van der Waals surface area contributed by atoms with E-state index in [1.165, 1.54) is 19.3 Å². The molecule has 1 saturated carbocycles. The summed E-state index contributed by atoms with van der Waals surface area (Å²) in [5, 5.41) is 3.57. The van der Waals surface area contributed by atoms with E-state index in [4.69, 9.17) is 4.42 Å². The van der Waals surface area contributed by atoms with Gasteiger partial charge >= 0.3 is 0 Å². The third-order valence-electron chi connectivity index (χ3n) is 2.78. The van der Waals surface area contributed by atoms with Crippen LogP contribution < -0.4 is 5.32 Å². The molecule has 0 bridgehead atoms. The molecule has 0 saturated heterocycles. The molecule has 1 N–H and O–H groups in total. The second kappa shape index (κ2) is 4.18. The lowest BCUT2D eigenvalue weighted by Gasteiger charge is -2.15. The Hall–Kier alpha value is -0.760. The Kier molecular flexibility index (Phi) is 2.92. The minimum Gasteiger partial charge on any atom is -0.465 e. The molecule has 0 radical (unpaired) electrons. The number of aryl methyl sites for hydroxylation is 1. The second-order valence-corrected chi connectivity index (χ2v) is 4.22. The van der Waals surface area contributed by atoms with Crippen LogP contribution >= 0.6 is 0 Å². The molecule has 1 aliphatic carbocycles. The van der Waals surface area contributed by atoms with E-state index >= 15 is 0 Å². The minimum atomic E-state index is 0.462. The van der Waals surface area contributed by atoms with Gasteiger partial charge in [0, 0.05) is 0 Å². The van der Waals surface area contributed by atoms with E-state index in [-0.39, 0.29) is 0 Å². The molecule has 1 heterocycles. The second-order valence-electron chi connectivity index (χ2n) is 4.22. The standard InChI is InChI=1S/C12H19NO/c1-3-8-13-12(10-5-6-10)11-7-4-9(2)14-11/h4,7,10,12-13H,3,5-6,8H2,1-2H3. The molecule has 2 rings (SSSR count). The number of nitrogens with one attached hydrogen (secondary N) is 1. The molecule has 1 atom stereocenters. The van der Waals surface area contributed by atoms with Gasteiger partial charge < -0.3 is 9.73 Å². The summed E-state index contributed by atoms with van der Waals surface area (Å²) in [5.41, 5.74) is 0. The largest absolute Gasteiger partial charge is 0.465 e. The van der Waals surface area contributed by atoms with E-state index in [0.29, 0.717) is 6.04 Å². The summed E-state index contributed by atoms with van der Waals surface area (Å²) >= 11 is 0. The Morgan fingerprint density at radius 1 is 1.50 bits per heavy atom. The number of furan rings is 1. The molecule has 2 heteroatoms. The van der Waals surface area contributed by atoms with Crippen LogP contribution in [0.15, 0.2) is 16.5 Å². The topological polar surface area (TPSA) is 25.2 Å². The van der Waals surface area contributed by atoms with Gasteiger partial charge in [0.25, 0.3) is 0 Å². The quantitative estimate of drug-likeness (QED) is 0.777. The summed E-state index contributed by atoms with van der Waals surface area (Å²) in [6, 6.07) is 4.63. The van der Waals surface area contributed by atoms with Crippen LogP contribution in [-0.2, 0) is 0 Å². The molecule has 0 spiro atoms. The van der Waals surface area contributed by atoms with Crippen LogP contribution in [0.1, 0.15) is 43.7 Å². The molecule has 14 heavy (non-hydrogen) atoms. The summed E-state index contributed by atoms with van der Waals surface area (Å²) in [6.45, 7) is 5.29. The van der Waals surface area contributed by atoms with Gasteiger partial charge in [-0.3, -0.25) is 0 Å². The smallest absolute Gasteiger partial charge is 0.121 e. The first kappa shape index (κ1) is 9.78. The fourth-order valence-electron chi connectivity index (χ4n) is 1.85. The van der Waals surface area contributed by atoms with Gasteiger partial charge in [-0.2, -0.15) is 0 Å². The van der Waals surface area contributed by atoms with Gasteiger partial charge in [0.2, 0.25) is 0 Å². The monoisotopic (exact) mass is 193 g/mol. The lowest BCUT2D eigenvalue weighted by molar-refractivity contribution is 0.374. The first-order valence-corrected chi connectivity index (χ1v) is 5.61. The predicted octanol–water partition coefficient (Wildman–Crippen LogP) is 3.04. The molecular weight excluding hydrogens is 174 g/mol. The van der Waals surface area contributed by atoms with Crippen LogP contribution in [-0.4, -0.2) is 6.54 Å². The molecule has 1 aromatic heterocycles. The zero-order valence-electron chi connectivity index (χ0n) is 9.05. The van der Waals surface area contributed by atoms with Crippen LogP contribution in [0, 0.1) is 12.8 Å². The highest BCUT2D eigenvalue weighted by Gasteiger charge is 2.33. The summed E-state index contributed by atoms with van der Waals surface area (Å²) < 4.78 is 5.68.